The lowest BCUT2D eigenvalue weighted by Crippen LogP contribution is -2.43. The molecule has 0 bridgehead atoms. The lowest BCUT2D eigenvalue weighted by molar-refractivity contribution is 0.143. The van der Waals surface area contributed by atoms with Gasteiger partial charge in [-0.1, -0.05) is 27.7 Å². The van der Waals surface area contributed by atoms with Crippen LogP contribution in [0.4, 0.5) is 0 Å². The largest absolute Gasteiger partial charge is 0.317 e. The van der Waals surface area contributed by atoms with Crippen LogP contribution in [-0.2, 0) is 0 Å². The predicted octanol–water partition coefficient (Wildman–Crippen LogP) is 3.13. The van der Waals surface area contributed by atoms with E-state index in [1.807, 2.05) is 0 Å². The second-order valence-electron chi connectivity index (χ2n) is 6.18. The number of hydrogen-bond acceptors (Lipinski definition) is 2. The lowest BCUT2D eigenvalue weighted by atomic mass is 10.0. The average Bonchev–Trinajstić information content (AvgIpc) is 3.09. The van der Waals surface area contributed by atoms with E-state index in [1.54, 1.807) is 0 Å². The van der Waals surface area contributed by atoms with Crippen molar-refractivity contribution < 1.29 is 0 Å². The van der Waals surface area contributed by atoms with Crippen LogP contribution < -0.4 is 5.32 Å². The summed E-state index contributed by atoms with van der Waals surface area (Å²) in [5.41, 5.74) is 0. The van der Waals surface area contributed by atoms with Gasteiger partial charge in [0.1, 0.15) is 0 Å². The van der Waals surface area contributed by atoms with E-state index in [4.69, 9.17) is 0 Å². The molecular weight excluding hydrogens is 208 g/mol. The highest BCUT2D eigenvalue weighted by Gasteiger charge is 2.33. The van der Waals surface area contributed by atoms with E-state index in [9.17, 15) is 0 Å². The first kappa shape index (κ1) is 15.0. The molecule has 102 valence electrons. The molecule has 0 aromatic heterocycles. The Balaban J connectivity index is 2.39. The quantitative estimate of drug-likeness (QED) is 0.666. The summed E-state index contributed by atoms with van der Waals surface area (Å²) in [4.78, 5) is 2.77. The van der Waals surface area contributed by atoms with Crippen LogP contribution in [0, 0.1) is 11.8 Å². The summed E-state index contributed by atoms with van der Waals surface area (Å²) in [5.74, 6) is 1.58. The minimum atomic E-state index is 0.723. The van der Waals surface area contributed by atoms with Crippen LogP contribution in [0.15, 0.2) is 0 Å². The van der Waals surface area contributed by atoms with Gasteiger partial charge in [0.15, 0.2) is 0 Å². The topological polar surface area (TPSA) is 15.3 Å². The number of rotatable bonds is 9. The molecule has 1 saturated carbocycles. The summed E-state index contributed by atoms with van der Waals surface area (Å²) in [6.07, 6.45) is 4.20. The molecular formula is C15H32N2. The van der Waals surface area contributed by atoms with Gasteiger partial charge < -0.3 is 5.32 Å². The van der Waals surface area contributed by atoms with E-state index >= 15 is 0 Å². The molecule has 1 rings (SSSR count). The van der Waals surface area contributed by atoms with Gasteiger partial charge in [0.2, 0.25) is 0 Å². The zero-order valence-electron chi connectivity index (χ0n) is 12.5. The molecule has 1 N–H and O–H groups in total. The summed E-state index contributed by atoms with van der Waals surface area (Å²) in [6, 6.07) is 1.62. The third-order valence-corrected chi connectivity index (χ3v) is 4.04. The molecule has 0 aliphatic heterocycles. The maximum absolute atomic E-state index is 3.48. The third kappa shape index (κ3) is 5.39. The molecule has 0 aromatic carbocycles. The highest BCUT2D eigenvalue weighted by Crippen LogP contribution is 2.31. The average molecular weight is 240 g/mol. The van der Waals surface area contributed by atoms with Crippen molar-refractivity contribution in [2.45, 2.75) is 66.0 Å². The highest BCUT2D eigenvalue weighted by atomic mass is 15.2. The Morgan fingerprint density at radius 1 is 1.18 bits per heavy atom. The molecule has 0 amide bonds. The van der Waals surface area contributed by atoms with E-state index in [0.29, 0.717) is 0 Å². The van der Waals surface area contributed by atoms with Crippen LogP contribution in [-0.4, -0.2) is 36.6 Å². The second-order valence-corrected chi connectivity index (χ2v) is 6.18. The summed E-state index contributed by atoms with van der Waals surface area (Å²) in [7, 11) is 0. The molecule has 0 radical (unpaired) electrons. The van der Waals surface area contributed by atoms with Crippen LogP contribution in [0.5, 0.6) is 0 Å². The van der Waals surface area contributed by atoms with E-state index in [-0.39, 0.29) is 0 Å². The Hall–Kier alpha value is -0.0800. The molecule has 2 nitrogen and oxygen atoms in total. The number of nitrogens with zero attached hydrogens (tertiary/aromatic N) is 1. The zero-order valence-corrected chi connectivity index (χ0v) is 12.5. The molecule has 0 spiro atoms. The van der Waals surface area contributed by atoms with Crippen molar-refractivity contribution in [1.82, 2.24) is 10.2 Å². The van der Waals surface area contributed by atoms with Crippen LogP contribution in [0.3, 0.4) is 0 Å². The monoisotopic (exact) mass is 240 g/mol. The maximum Gasteiger partial charge on any atom is 0.0108 e. The molecule has 0 aromatic rings. The summed E-state index contributed by atoms with van der Waals surface area (Å²) in [5, 5.41) is 3.48. The second kappa shape index (κ2) is 7.38. The molecule has 17 heavy (non-hydrogen) atoms. The molecule has 0 saturated heterocycles. The van der Waals surface area contributed by atoms with Crippen LogP contribution in [0.25, 0.3) is 0 Å². The molecule has 0 heterocycles. The van der Waals surface area contributed by atoms with Gasteiger partial charge in [-0.15, -0.1) is 0 Å². The van der Waals surface area contributed by atoms with Gasteiger partial charge in [-0.2, -0.15) is 0 Å². The van der Waals surface area contributed by atoms with E-state index in [0.717, 1.165) is 37.0 Å². The Kier molecular flexibility index (Phi) is 6.50. The fraction of sp³-hybridized carbons (Fsp3) is 1.00. The number of nitrogens with one attached hydrogen (secondary N) is 1. The van der Waals surface area contributed by atoms with E-state index in [1.165, 1.54) is 25.8 Å². The van der Waals surface area contributed by atoms with Gasteiger partial charge >= 0.3 is 0 Å². The Bertz CT molecular complexity index is 199. The predicted molar refractivity (Wildman–Crippen MR) is 76.4 cm³/mol. The lowest BCUT2D eigenvalue weighted by Gasteiger charge is -2.34. The molecule has 2 atom stereocenters. The Labute approximate surface area is 108 Å². The zero-order chi connectivity index (χ0) is 12.8. The first-order chi connectivity index (χ1) is 8.06. The molecule has 1 aliphatic carbocycles. The fourth-order valence-electron chi connectivity index (χ4n) is 2.40. The SMILES string of the molecule is CCNCC(C)C(C)N(CCC(C)C)C1CC1. The van der Waals surface area contributed by atoms with Crippen LogP contribution >= 0.6 is 0 Å². The highest BCUT2D eigenvalue weighted by molar-refractivity contribution is 4.89. The van der Waals surface area contributed by atoms with Gasteiger partial charge in [-0.25, -0.2) is 0 Å². The third-order valence-electron chi connectivity index (χ3n) is 4.04. The Morgan fingerprint density at radius 2 is 1.82 bits per heavy atom. The number of hydrogen-bond donors (Lipinski definition) is 1. The van der Waals surface area contributed by atoms with Gasteiger partial charge in [-0.3, -0.25) is 4.90 Å². The van der Waals surface area contributed by atoms with Gasteiger partial charge in [-0.05, 0) is 57.7 Å². The van der Waals surface area contributed by atoms with Crippen molar-refractivity contribution in [2.24, 2.45) is 11.8 Å². The molecule has 1 fully saturated rings. The summed E-state index contributed by atoms with van der Waals surface area (Å²) in [6.45, 7) is 15.2. The van der Waals surface area contributed by atoms with Crippen molar-refractivity contribution >= 4 is 0 Å². The van der Waals surface area contributed by atoms with Gasteiger partial charge in [0.05, 0.1) is 0 Å². The van der Waals surface area contributed by atoms with Crippen molar-refractivity contribution in [3.63, 3.8) is 0 Å². The minimum absolute atomic E-state index is 0.723. The standard InChI is InChI=1S/C15H32N2/c1-6-16-11-13(4)14(5)17(15-7-8-15)10-9-12(2)3/h12-16H,6-11H2,1-5H3. The molecule has 2 heteroatoms. The van der Waals surface area contributed by atoms with Crippen LogP contribution in [0.2, 0.25) is 0 Å². The van der Waals surface area contributed by atoms with E-state index < -0.39 is 0 Å². The van der Waals surface area contributed by atoms with Crippen molar-refractivity contribution in [3.8, 4) is 0 Å². The fourth-order valence-corrected chi connectivity index (χ4v) is 2.40. The molecule has 2 unspecified atom stereocenters. The van der Waals surface area contributed by atoms with Crippen molar-refractivity contribution in [2.75, 3.05) is 19.6 Å². The normalized spacial score (nSPS) is 19.9. The summed E-state index contributed by atoms with van der Waals surface area (Å²) >= 11 is 0. The van der Waals surface area contributed by atoms with Crippen LogP contribution in [0.1, 0.15) is 53.9 Å². The van der Waals surface area contributed by atoms with Gasteiger partial charge in [0, 0.05) is 12.1 Å². The Morgan fingerprint density at radius 3 is 2.29 bits per heavy atom. The first-order valence-corrected chi connectivity index (χ1v) is 7.52. The molecule has 1 aliphatic rings. The van der Waals surface area contributed by atoms with Gasteiger partial charge in [0.25, 0.3) is 0 Å². The minimum Gasteiger partial charge on any atom is -0.317 e. The smallest absolute Gasteiger partial charge is 0.0108 e. The van der Waals surface area contributed by atoms with Crippen molar-refractivity contribution in [3.05, 3.63) is 0 Å². The van der Waals surface area contributed by atoms with E-state index in [2.05, 4.69) is 44.8 Å². The summed E-state index contributed by atoms with van der Waals surface area (Å²) < 4.78 is 0. The maximum atomic E-state index is 3.48. The first-order valence-electron chi connectivity index (χ1n) is 7.52. The van der Waals surface area contributed by atoms with Crippen molar-refractivity contribution in [1.29, 1.82) is 0 Å².